The molecule has 2 fully saturated rings. The number of thiophene rings is 1. The normalized spacial score (nSPS) is 26.9. The Kier molecular flexibility index (Phi) is 14.1. The van der Waals surface area contributed by atoms with Crippen molar-refractivity contribution in [3.63, 3.8) is 0 Å². The summed E-state index contributed by atoms with van der Waals surface area (Å²) in [6.45, 7) is 14.3. The molecule has 1 aromatic rings. The standard InChI is InChI=1S/C33H55ClO6SSi/c1-23(40-42(6,7)33(2,3)4)12-10-13-24(35)17-19-27-26(15-11-14-25-18-20-30(41-25)32(36)37-5)28(34)22-29(27)39-31-16-8-9-21-38-31/h17-20,23-24,26-29,31,35H,8-16,21-22H2,1-7H3/t23-,24+,26-,27+,28+,29-,31?/m1/s1. The smallest absolute Gasteiger partial charge is 0.348 e. The highest BCUT2D eigenvalue weighted by Crippen LogP contribution is 2.43. The van der Waals surface area contributed by atoms with Crippen LogP contribution in [0.5, 0.6) is 0 Å². The van der Waals surface area contributed by atoms with Crippen molar-refractivity contribution in [2.24, 2.45) is 11.8 Å². The highest BCUT2D eigenvalue weighted by molar-refractivity contribution is 7.13. The second kappa shape index (κ2) is 16.5. The zero-order valence-electron chi connectivity index (χ0n) is 26.9. The van der Waals surface area contributed by atoms with Gasteiger partial charge in [-0.25, -0.2) is 4.79 Å². The Balaban J connectivity index is 1.57. The number of aliphatic hydroxyl groups excluding tert-OH is 1. The van der Waals surface area contributed by atoms with E-state index in [2.05, 4.69) is 46.9 Å². The molecule has 1 unspecified atom stereocenters. The molecule has 1 saturated carbocycles. The van der Waals surface area contributed by atoms with E-state index in [1.807, 2.05) is 18.2 Å². The number of alkyl halides is 1. The number of esters is 1. The molecule has 7 atom stereocenters. The highest BCUT2D eigenvalue weighted by atomic mass is 35.5. The van der Waals surface area contributed by atoms with Crippen LogP contribution in [0.15, 0.2) is 24.3 Å². The first-order valence-electron chi connectivity index (χ1n) is 15.9. The molecule has 2 heterocycles. The molecule has 3 rings (SSSR count). The molecule has 0 amide bonds. The number of halogens is 1. The first-order valence-corrected chi connectivity index (χ1v) is 20.1. The second-order valence-electron chi connectivity index (χ2n) is 13.7. The summed E-state index contributed by atoms with van der Waals surface area (Å²) in [5, 5.41) is 11.1. The summed E-state index contributed by atoms with van der Waals surface area (Å²) < 4.78 is 23.7. The number of carbonyl (C=O) groups excluding carboxylic acids is 1. The number of aryl methyl sites for hydroxylation is 1. The zero-order valence-corrected chi connectivity index (χ0v) is 29.5. The van der Waals surface area contributed by atoms with Crippen molar-refractivity contribution in [1.82, 2.24) is 0 Å². The number of aliphatic hydroxyl groups is 1. The first-order chi connectivity index (χ1) is 19.8. The van der Waals surface area contributed by atoms with Gasteiger partial charge in [-0.15, -0.1) is 22.9 Å². The Hall–Kier alpha value is -0.743. The van der Waals surface area contributed by atoms with Crippen LogP contribution in [0.2, 0.25) is 18.1 Å². The molecular weight excluding hydrogens is 588 g/mol. The van der Waals surface area contributed by atoms with E-state index in [4.69, 9.17) is 30.2 Å². The molecule has 6 nitrogen and oxygen atoms in total. The van der Waals surface area contributed by atoms with Crippen LogP contribution in [0.4, 0.5) is 0 Å². The fourth-order valence-electron chi connectivity index (χ4n) is 5.81. The Morgan fingerprint density at radius 1 is 1.24 bits per heavy atom. The summed E-state index contributed by atoms with van der Waals surface area (Å²) >= 11 is 8.46. The molecule has 0 radical (unpaired) electrons. The van der Waals surface area contributed by atoms with Crippen molar-refractivity contribution in [3.05, 3.63) is 34.0 Å². The fourth-order valence-corrected chi connectivity index (χ4v) is 8.73. The van der Waals surface area contributed by atoms with Gasteiger partial charge in [0.2, 0.25) is 0 Å². The molecule has 1 saturated heterocycles. The number of ether oxygens (including phenoxy) is 3. The summed E-state index contributed by atoms with van der Waals surface area (Å²) in [5.41, 5.74) is 0. The van der Waals surface area contributed by atoms with E-state index in [1.165, 1.54) is 23.3 Å². The topological polar surface area (TPSA) is 74.2 Å². The fraction of sp³-hybridized carbons (Fsp3) is 0.788. The average molecular weight is 643 g/mol. The number of hydrogen-bond acceptors (Lipinski definition) is 7. The van der Waals surface area contributed by atoms with Gasteiger partial charge in [-0.3, -0.25) is 0 Å². The number of carbonyl (C=O) groups is 1. The van der Waals surface area contributed by atoms with E-state index in [9.17, 15) is 9.90 Å². The Morgan fingerprint density at radius 3 is 2.67 bits per heavy atom. The van der Waals surface area contributed by atoms with Gasteiger partial charge in [-0.1, -0.05) is 32.9 Å². The molecule has 42 heavy (non-hydrogen) atoms. The minimum Gasteiger partial charge on any atom is -0.465 e. The van der Waals surface area contributed by atoms with Crippen LogP contribution >= 0.6 is 22.9 Å². The number of hydrogen-bond donors (Lipinski definition) is 1. The zero-order chi connectivity index (χ0) is 30.9. The van der Waals surface area contributed by atoms with E-state index >= 15 is 0 Å². The minimum atomic E-state index is -1.79. The Labute approximate surface area is 264 Å². The van der Waals surface area contributed by atoms with E-state index in [-0.39, 0.29) is 46.7 Å². The molecule has 0 aromatic carbocycles. The van der Waals surface area contributed by atoms with E-state index in [0.29, 0.717) is 11.3 Å². The maximum atomic E-state index is 11.8. The lowest BCUT2D eigenvalue weighted by molar-refractivity contribution is -0.192. The first kappa shape index (κ1) is 35.7. The molecule has 2 aliphatic rings. The van der Waals surface area contributed by atoms with Gasteiger partial charge in [0.05, 0.1) is 19.3 Å². The van der Waals surface area contributed by atoms with E-state index in [0.717, 1.165) is 64.4 Å². The third-order valence-corrected chi connectivity index (χ3v) is 15.5. The largest absolute Gasteiger partial charge is 0.465 e. The molecule has 1 aromatic heterocycles. The van der Waals surface area contributed by atoms with Crippen LogP contribution in [0.1, 0.15) is 100 Å². The number of methoxy groups -OCH3 is 1. The van der Waals surface area contributed by atoms with Crippen LogP contribution in [0.25, 0.3) is 0 Å². The summed E-state index contributed by atoms with van der Waals surface area (Å²) in [6, 6.07) is 3.86. The molecule has 0 bridgehead atoms. The van der Waals surface area contributed by atoms with Gasteiger partial charge in [0.1, 0.15) is 4.88 Å². The van der Waals surface area contributed by atoms with Crippen LogP contribution in [0, 0.1) is 11.8 Å². The molecule has 240 valence electrons. The van der Waals surface area contributed by atoms with Crippen LogP contribution in [-0.4, -0.2) is 63.1 Å². The summed E-state index contributed by atoms with van der Waals surface area (Å²) in [4.78, 5) is 13.6. The third kappa shape index (κ3) is 10.7. The predicted molar refractivity (Wildman–Crippen MR) is 175 cm³/mol. The van der Waals surface area contributed by atoms with Gasteiger partial charge < -0.3 is 23.7 Å². The maximum absolute atomic E-state index is 11.8. The second-order valence-corrected chi connectivity index (χ2v) is 20.2. The lowest BCUT2D eigenvalue weighted by atomic mass is 9.88. The Morgan fingerprint density at radius 2 is 2.00 bits per heavy atom. The predicted octanol–water partition coefficient (Wildman–Crippen LogP) is 8.51. The van der Waals surface area contributed by atoms with Crippen molar-refractivity contribution in [2.75, 3.05) is 13.7 Å². The summed E-state index contributed by atoms with van der Waals surface area (Å²) in [5.74, 6) is 0.0957. The molecule has 0 spiro atoms. The maximum Gasteiger partial charge on any atom is 0.348 e. The van der Waals surface area contributed by atoms with Crippen LogP contribution in [-0.2, 0) is 25.1 Å². The van der Waals surface area contributed by atoms with Crippen molar-refractivity contribution in [1.29, 1.82) is 0 Å². The SMILES string of the molecule is COC(=O)c1ccc(CCC[C@@H]2[C@H](C=C[C@@H](O)CCC[C@@H](C)O[Si](C)(C)C(C)(C)C)[C@H](OC3CCCCO3)C[C@@H]2Cl)s1. The van der Waals surface area contributed by atoms with E-state index in [1.54, 1.807) is 0 Å². The third-order valence-electron chi connectivity index (χ3n) is 9.29. The van der Waals surface area contributed by atoms with Crippen molar-refractivity contribution in [2.45, 2.75) is 140 Å². The Bertz CT molecular complexity index is 985. The van der Waals surface area contributed by atoms with Gasteiger partial charge in [0.15, 0.2) is 14.6 Å². The van der Waals surface area contributed by atoms with Gasteiger partial charge in [-0.05, 0) is 107 Å². The van der Waals surface area contributed by atoms with E-state index < -0.39 is 14.4 Å². The van der Waals surface area contributed by atoms with Crippen molar-refractivity contribution < 1.29 is 28.5 Å². The molecular formula is C33H55ClO6SSi. The number of rotatable bonds is 15. The quantitative estimate of drug-likeness (QED) is 0.0895. The van der Waals surface area contributed by atoms with Crippen LogP contribution in [0.3, 0.4) is 0 Å². The summed E-state index contributed by atoms with van der Waals surface area (Å²) in [7, 11) is -0.379. The van der Waals surface area contributed by atoms with Crippen molar-refractivity contribution >= 4 is 37.2 Å². The molecule has 1 aliphatic carbocycles. The van der Waals surface area contributed by atoms with Gasteiger partial charge in [0, 0.05) is 28.9 Å². The molecule has 1 N–H and O–H groups in total. The van der Waals surface area contributed by atoms with Crippen molar-refractivity contribution in [3.8, 4) is 0 Å². The minimum absolute atomic E-state index is 0.00712. The van der Waals surface area contributed by atoms with Gasteiger partial charge in [0.25, 0.3) is 0 Å². The average Bonchev–Trinajstić information content (AvgIpc) is 3.51. The monoisotopic (exact) mass is 642 g/mol. The highest BCUT2D eigenvalue weighted by Gasteiger charge is 2.43. The van der Waals surface area contributed by atoms with Crippen LogP contribution < -0.4 is 0 Å². The molecule has 1 aliphatic heterocycles. The lowest BCUT2D eigenvalue weighted by Crippen LogP contribution is -2.43. The summed E-state index contributed by atoms with van der Waals surface area (Å²) in [6.07, 6.45) is 12.9. The van der Waals surface area contributed by atoms with Gasteiger partial charge in [-0.2, -0.15) is 0 Å². The van der Waals surface area contributed by atoms with Gasteiger partial charge >= 0.3 is 5.97 Å². The lowest BCUT2D eigenvalue weighted by Gasteiger charge is -2.38. The molecule has 9 heteroatoms.